The van der Waals surface area contributed by atoms with Gasteiger partial charge in [-0.2, -0.15) is 4.57 Å². The zero-order valence-corrected chi connectivity index (χ0v) is 33.0. The molecule has 2 amide bonds. The first-order chi connectivity index (χ1) is 26.2. The van der Waals surface area contributed by atoms with Gasteiger partial charge in [0.25, 0.3) is 11.8 Å². The van der Waals surface area contributed by atoms with Crippen molar-refractivity contribution in [2.45, 2.75) is 46.1 Å². The Morgan fingerprint density at radius 3 is 1.89 bits per heavy atom. The molecule has 1 aliphatic heterocycles. The molecule has 0 unspecified atom stereocenters. The number of methoxy groups -OCH3 is 1. The molecule has 56 heavy (non-hydrogen) atoms. The molecule has 2 heterocycles. The van der Waals surface area contributed by atoms with Gasteiger partial charge in [-0.05, 0) is 61.4 Å². The number of pyridine rings is 1. The Kier molecular flexibility index (Phi) is 12.3. The fraction of sp³-hybridized carbons (Fsp3) is 0.378. The van der Waals surface area contributed by atoms with Crippen LogP contribution < -0.4 is 18.8 Å². The van der Waals surface area contributed by atoms with Gasteiger partial charge in [0.1, 0.15) is 17.2 Å². The average Bonchev–Trinajstić information content (AvgIpc) is 3.42. The second-order valence-electron chi connectivity index (χ2n) is 14.0. The van der Waals surface area contributed by atoms with Crippen LogP contribution in [-0.2, 0) is 41.2 Å². The number of quaternary nitrogens is 1. The van der Waals surface area contributed by atoms with E-state index in [1.807, 2.05) is 0 Å². The lowest BCUT2D eigenvalue weighted by atomic mass is 10.0. The number of hydrogen-bond donors (Lipinski definition) is 0. The predicted octanol–water partition coefficient (Wildman–Crippen LogP) is 2.63. The Labute approximate surface area is 323 Å². The minimum atomic E-state index is -4.53. The third kappa shape index (κ3) is 10.1. The third-order valence-electron chi connectivity index (χ3n) is 9.08. The summed E-state index contributed by atoms with van der Waals surface area (Å²) < 4.78 is 87.5. The number of nitrogens with zero attached hydrogens (tertiary/aromatic N) is 3. The molecular formula is C37H41N3O14S2. The van der Waals surface area contributed by atoms with Crippen molar-refractivity contribution in [1.82, 2.24) is 5.06 Å². The van der Waals surface area contributed by atoms with Gasteiger partial charge in [0.15, 0.2) is 6.54 Å². The van der Waals surface area contributed by atoms with Gasteiger partial charge in [-0.25, -0.2) is 26.4 Å². The highest BCUT2D eigenvalue weighted by Crippen LogP contribution is 2.33. The van der Waals surface area contributed by atoms with Crippen molar-refractivity contribution < 1.29 is 73.2 Å². The first-order valence-electron chi connectivity index (χ1n) is 17.4. The number of rotatable bonds is 16. The van der Waals surface area contributed by atoms with Crippen LogP contribution >= 0.6 is 0 Å². The summed E-state index contributed by atoms with van der Waals surface area (Å²) in [4.78, 5) is 56.4. The molecule has 5 rings (SSSR count). The summed E-state index contributed by atoms with van der Waals surface area (Å²) in [5.74, 6) is -3.37. The van der Waals surface area contributed by atoms with Gasteiger partial charge < -0.3 is 28.2 Å². The van der Waals surface area contributed by atoms with Gasteiger partial charge in [-0.1, -0.05) is 0 Å². The lowest BCUT2D eigenvalue weighted by molar-refractivity contribution is -0.905. The van der Waals surface area contributed by atoms with Crippen LogP contribution in [0.4, 0.5) is 0 Å². The Morgan fingerprint density at radius 2 is 1.34 bits per heavy atom. The number of hydrogen-bond acceptors (Lipinski definition) is 14. The molecule has 1 fully saturated rings. The van der Waals surface area contributed by atoms with Gasteiger partial charge in [-0.15, -0.1) is 5.06 Å². The van der Waals surface area contributed by atoms with Crippen LogP contribution in [0.3, 0.4) is 0 Å². The van der Waals surface area contributed by atoms with E-state index in [4.69, 9.17) is 19.0 Å². The molecule has 0 bridgehead atoms. The summed E-state index contributed by atoms with van der Waals surface area (Å²) in [6, 6.07) is 12.7. The number of aryl methyl sites for hydroxylation is 3. The predicted molar refractivity (Wildman–Crippen MR) is 196 cm³/mol. The number of ether oxygens (including phenoxy) is 3. The maximum Gasteiger partial charge on any atom is 0.363 e. The number of esters is 1. The summed E-state index contributed by atoms with van der Waals surface area (Å²) in [7, 11) is -3.89. The monoisotopic (exact) mass is 815 g/mol. The van der Waals surface area contributed by atoms with E-state index in [1.165, 1.54) is 19.2 Å². The molecule has 19 heteroatoms. The van der Waals surface area contributed by atoms with E-state index >= 15 is 0 Å². The fourth-order valence-electron chi connectivity index (χ4n) is 6.40. The molecule has 3 aromatic carbocycles. The van der Waals surface area contributed by atoms with Crippen LogP contribution in [0.5, 0.6) is 17.2 Å². The standard InChI is InChI=1S/C37H41N3O14S2/c1-23-18-25(36(43)54-39-32(41)12-13-33(39)42)19-24(2)35(23)53-37(44)34-28-20-26(51-5)8-10-30(28)38(14-6-16-55(45,46)47)31-11-9-27(21-29(31)34)52-22-40(3,4)15-7-17-56(48,49)50/h8-11,18-21H,6-7,12-17,22H2,1-5H3. The molecule has 17 nitrogen and oxygen atoms in total. The largest absolute Gasteiger partial charge is 0.748 e. The summed E-state index contributed by atoms with van der Waals surface area (Å²) in [6.45, 7) is 3.63. The number of amides is 2. The number of aromatic nitrogens is 1. The van der Waals surface area contributed by atoms with Crippen LogP contribution in [0.15, 0.2) is 48.5 Å². The normalized spacial score (nSPS) is 13.7. The van der Waals surface area contributed by atoms with Crippen LogP contribution in [0, 0.1) is 13.8 Å². The van der Waals surface area contributed by atoms with Gasteiger partial charge in [0.2, 0.25) is 17.8 Å². The Hall–Kier alpha value is -5.21. The topological polar surface area (TPSA) is 227 Å². The van der Waals surface area contributed by atoms with Crippen molar-refractivity contribution in [3.05, 3.63) is 70.8 Å². The lowest BCUT2D eigenvalue weighted by Crippen LogP contribution is -2.44. The molecule has 1 aromatic heterocycles. The number of hydroxylamine groups is 2. The molecule has 300 valence electrons. The maximum atomic E-state index is 14.5. The van der Waals surface area contributed by atoms with E-state index in [2.05, 4.69) is 0 Å². The number of carbonyl (C=O) groups excluding carboxylic acids is 4. The molecule has 0 saturated carbocycles. The van der Waals surface area contributed by atoms with Gasteiger partial charge in [0.05, 0.1) is 69.9 Å². The molecule has 1 aliphatic rings. The lowest BCUT2D eigenvalue weighted by Gasteiger charge is -2.29. The Balaban J connectivity index is 1.57. The van der Waals surface area contributed by atoms with Crippen molar-refractivity contribution in [2.24, 2.45) is 0 Å². The zero-order valence-electron chi connectivity index (χ0n) is 31.4. The SMILES string of the molecule is COc1ccc2c(c1)c(C(=O)Oc1c(C)cc(C(=O)ON3C(=O)CCC3=O)cc1C)c1cc(OC[N+](C)(C)CCCS(=O)(=O)[O-])ccc1[n+]2CCCS(=O)(=O)[O-]. The minimum Gasteiger partial charge on any atom is -0.748 e. The quantitative estimate of drug-likeness (QED) is 0.0232. The second-order valence-corrected chi connectivity index (χ2v) is 17.1. The van der Waals surface area contributed by atoms with Crippen molar-refractivity contribution in [1.29, 1.82) is 0 Å². The molecule has 0 radical (unpaired) electrons. The summed E-state index contributed by atoms with van der Waals surface area (Å²) >= 11 is 0. The highest BCUT2D eigenvalue weighted by atomic mass is 32.2. The second kappa shape index (κ2) is 16.5. The number of fused-ring (bicyclic) bond motifs is 2. The highest BCUT2D eigenvalue weighted by molar-refractivity contribution is 7.85. The van der Waals surface area contributed by atoms with Crippen LogP contribution in [0.25, 0.3) is 21.8 Å². The van der Waals surface area contributed by atoms with Gasteiger partial charge in [0, 0.05) is 49.3 Å². The van der Waals surface area contributed by atoms with Crippen LogP contribution in [0.1, 0.15) is 57.5 Å². The van der Waals surface area contributed by atoms with E-state index in [0.29, 0.717) is 56.0 Å². The molecule has 0 N–H and O–H groups in total. The minimum absolute atomic E-state index is 0.00607. The summed E-state index contributed by atoms with van der Waals surface area (Å²) in [6.07, 6.45) is -0.0642. The van der Waals surface area contributed by atoms with Crippen LogP contribution in [-0.4, -0.2) is 105 Å². The van der Waals surface area contributed by atoms with Crippen molar-refractivity contribution >= 4 is 65.8 Å². The molecule has 4 aromatic rings. The summed E-state index contributed by atoms with van der Waals surface area (Å²) in [5, 5.41) is 1.12. The Bertz CT molecular complexity index is 2430. The molecule has 0 spiro atoms. The Morgan fingerprint density at radius 1 is 0.804 bits per heavy atom. The first-order valence-corrected chi connectivity index (χ1v) is 20.5. The summed E-state index contributed by atoms with van der Waals surface area (Å²) in [5.41, 5.74) is 1.76. The molecule has 0 aliphatic carbocycles. The van der Waals surface area contributed by atoms with Crippen molar-refractivity contribution in [3.63, 3.8) is 0 Å². The number of imide groups is 1. The van der Waals surface area contributed by atoms with Gasteiger partial charge in [-0.3, -0.25) is 14.1 Å². The average molecular weight is 816 g/mol. The third-order valence-corrected chi connectivity index (χ3v) is 10.7. The fourth-order valence-corrected chi connectivity index (χ4v) is 7.37. The number of benzene rings is 3. The van der Waals surface area contributed by atoms with Crippen molar-refractivity contribution in [2.75, 3.05) is 46.0 Å². The molecule has 0 atom stereocenters. The van der Waals surface area contributed by atoms with E-state index in [1.54, 1.807) is 68.9 Å². The van der Waals surface area contributed by atoms with E-state index < -0.39 is 55.5 Å². The number of carbonyl (C=O) groups is 4. The maximum absolute atomic E-state index is 14.5. The smallest absolute Gasteiger partial charge is 0.363 e. The van der Waals surface area contributed by atoms with Crippen molar-refractivity contribution in [3.8, 4) is 17.2 Å². The first kappa shape index (κ1) is 41.9. The van der Waals surface area contributed by atoms with Gasteiger partial charge >= 0.3 is 11.9 Å². The van der Waals surface area contributed by atoms with E-state index in [-0.39, 0.29) is 60.3 Å². The van der Waals surface area contributed by atoms with E-state index in [0.717, 1.165) is 0 Å². The zero-order chi connectivity index (χ0) is 41.2. The van der Waals surface area contributed by atoms with E-state index in [9.17, 15) is 45.1 Å². The molecular weight excluding hydrogens is 775 g/mol. The molecule has 1 saturated heterocycles. The highest BCUT2D eigenvalue weighted by Gasteiger charge is 2.34. The van der Waals surface area contributed by atoms with Crippen LogP contribution in [0.2, 0.25) is 0 Å².